The first-order chi connectivity index (χ1) is 6.95. The zero-order valence-corrected chi connectivity index (χ0v) is 8.67. The van der Waals surface area contributed by atoms with Gasteiger partial charge in [-0.2, -0.15) is 0 Å². The van der Waals surface area contributed by atoms with Crippen molar-refractivity contribution in [3.8, 4) is 0 Å². The summed E-state index contributed by atoms with van der Waals surface area (Å²) in [5.74, 6) is 0.948. The van der Waals surface area contributed by atoms with E-state index in [1.807, 2.05) is 6.07 Å². The summed E-state index contributed by atoms with van der Waals surface area (Å²) in [7, 11) is 0. The minimum atomic E-state index is 0.309. The lowest BCUT2D eigenvalue weighted by atomic mass is 10.3. The molecule has 1 unspecified atom stereocenters. The summed E-state index contributed by atoms with van der Waals surface area (Å²) in [6.45, 7) is 2.72. The van der Waals surface area contributed by atoms with Crippen LogP contribution < -0.4 is 5.32 Å². The minimum absolute atomic E-state index is 0.309. The smallest absolute Gasteiger partial charge is 0.116 e. The van der Waals surface area contributed by atoms with Crippen molar-refractivity contribution in [3.05, 3.63) is 18.6 Å². The van der Waals surface area contributed by atoms with Gasteiger partial charge in [-0.25, -0.2) is 9.97 Å². The Kier molecular flexibility index (Phi) is 3.73. The summed E-state index contributed by atoms with van der Waals surface area (Å²) in [5, 5.41) is 4.31. The van der Waals surface area contributed by atoms with Gasteiger partial charge in [0, 0.05) is 25.0 Å². The van der Waals surface area contributed by atoms with Crippen LogP contribution >= 0.6 is 11.8 Å². The van der Waals surface area contributed by atoms with E-state index in [1.54, 1.807) is 24.3 Å². The predicted octanol–water partition coefficient (Wildman–Crippen LogP) is 0.557. The molecule has 1 saturated heterocycles. The summed E-state index contributed by atoms with van der Waals surface area (Å²) in [4.78, 5) is 8.01. The van der Waals surface area contributed by atoms with E-state index in [1.165, 1.54) is 0 Å². The van der Waals surface area contributed by atoms with E-state index in [0.717, 1.165) is 30.5 Å². The van der Waals surface area contributed by atoms with E-state index >= 15 is 0 Å². The van der Waals surface area contributed by atoms with E-state index in [4.69, 9.17) is 4.74 Å². The molecule has 5 heteroatoms. The molecule has 0 amide bonds. The van der Waals surface area contributed by atoms with Crippen LogP contribution in [-0.2, 0) is 4.74 Å². The first-order valence-corrected chi connectivity index (χ1v) is 5.65. The number of thioether (sulfide) groups is 1. The van der Waals surface area contributed by atoms with Gasteiger partial charge in [0.15, 0.2) is 0 Å². The van der Waals surface area contributed by atoms with Crippen molar-refractivity contribution in [2.24, 2.45) is 0 Å². The van der Waals surface area contributed by atoms with Crippen LogP contribution in [-0.4, -0.2) is 41.5 Å². The summed E-state index contributed by atoms with van der Waals surface area (Å²) in [5.41, 5.74) is 0. The second-order valence-electron chi connectivity index (χ2n) is 3.06. The maximum atomic E-state index is 5.57. The third kappa shape index (κ3) is 2.94. The molecule has 2 rings (SSSR count). The molecule has 1 N–H and O–H groups in total. The van der Waals surface area contributed by atoms with E-state index in [0.29, 0.717) is 6.10 Å². The molecule has 0 spiro atoms. The van der Waals surface area contributed by atoms with Gasteiger partial charge in [-0.05, 0) is 6.07 Å². The second kappa shape index (κ2) is 5.29. The van der Waals surface area contributed by atoms with Crippen molar-refractivity contribution in [3.63, 3.8) is 0 Å². The number of hydrogen-bond donors (Lipinski definition) is 1. The van der Waals surface area contributed by atoms with E-state index in [-0.39, 0.29) is 0 Å². The number of hydrogen-bond acceptors (Lipinski definition) is 5. The van der Waals surface area contributed by atoms with Crippen LogP contribution in [0.25, 0.3) is 0 Å². The average molecular weight is 211 g/mol. The highest BCUT2D eigenvalue weighted by molar-refractivity contribution is 7.99. The molecule has 0 radical (unpaired) electrons. The maximum absolute atomic E-state index is 5.57. The molecule has 2 heterocycles. The summed E-state index contributed by atoms with van der Waals surface area (Å²) < 4.78 is 5.57. The molecular formula is C9H13N3OS. The van der Waals surface area contributed by atoms with Crippen LogP contribution in [0.5, 0.6) is 0 Å². The molecule has 76 valence electrons. The molecule has 0 saturated carbocycles. The quantitative estimate of drug-likeness (QED) is 0.584. The Bertz CT molecular complexity index is 264. The second-order valence-corrected chi connectivity index (χ2v) is 4.10. The summed E-state index contributed by atoms with van der Waals surface area (Å²) in [6, 6.07) is 1.92. The fourth-order valence-electron chi connectivity index (χ4n) is 1.27. The highest BCUT2D eigenvalue weighted by Crippen LogP contribution is 2.16. The van der Waals surface area contributed by atoms with Crippen molar-refractivity contribution in [2.75, 3.05) is 25.4 Å². The largest absolute Gasteiger partial charge is 0.375 e. The normalized spacial score (nSPS) is 22.1. The standard InChI is InChI=1S/C9H13N3OS/c1-2-11-7-12-9(1)14-6-8-5-10-3-4-13-8/h1-2,7-8,10H,3-6H2. The van der Waals surface area contributed by atoms with Gasteiger partial charge in [-0.15, -0.1) is 11.8 Å². The monoisotopic (exact) mass is 211 g/mol. The van der Waals surface area contributed by atoms with Gasteiger partial charge in [0.05, 0.1) is 17.7 Å². The predicted molar refractivity (Wildman–Crippen MR) is 55.4 cm³/mol. The Labute approximate surface area is 87.5 Å². The maximum Gasteiger partial charge on any atom is 0.116 e. The summed E-state index contributed by atoms with van der Waals surface area (Å²) in [6.07, 6.45) is 3.64. The number of nitrogens with zero attached hydrogens (tertiary/aromatic N) is 2. The van der Waals surface area contributed by atoms with E-state index in [2.05, 4.69) is 15.3 Å². The molecule has 1 aliphatic heterocycles. The molecule has 1 fully saturated rings. The molecule has 1 atom stereocenters. The molecule has 0 aromatic carbocycles. The van der Waals surface area contributed by atoms with Crippen LogP contribution in [0, 0.1) is 0 Å². The first kappa shape index (κ1) is 9.89. The van der Waals surface area contributed by atoms with Crippen LogP contribution in [0.2, 0.25) is 0 Å². The minimum Gasteiger partial charge on any atom is -0.375 e. The van der Waals surface area contributed by atoms with Crippen LogP contribution in [0.4, 0.5) is 0 Å². The Morgan fingerprint density at radius 1 is 1.64 bits per heavy atom. The molecule has 1 aliphatic rings. The number of aromatic nitrogens is 2. The molecule has 4 nitrogen and oxygen atoms in total. The Morgan fingerprint density at radius 2 is 2.64 bits per heavy atom. The Morgan fingerprint density at radius 3 is 3.36 bits per heavy atom. The van der Waals surface area contributed by atoms with E-state index < -0.39 is 0 Å². The molecule has 1 aromatic heterocycles. The topological polar surface area (TPSA) is 47.0 Å². The highest BCUT2D eigenvalue weighted by atomic mass is 32.2. The van der Waals surface area contributed by atoms with Crippen molar-refractivity contribution >= 4 is 11.8 Å². The lowest BCUT2D eigenvalue weighted by molar-refractivity contribution is 0.0440. The molecule has 14 heavy (non-hydrogen) atoms. The Balaban J connectivity index is 1.76. The zero-order chi connectivity index (χ0) is 9.64. The summed E-state index contributed by atoms with van der Waals surface area (Å²) >= 11 is 1.71. The van der Waals surface area contributed by atoms with E-state index in [9.17, 15) is 0 Å². The van der Waals surface area contributed by atoms with Crippen molar-refractivity contribution in [1.82, 2.24) is 15.3 Å². The number of morpholine rings is 1. The number of nitrogens with one attached hydrogen (secondary N) is 1. The average Bonchev–Trinajstić information content (AvgIpc) is 2.29. The zero-order valence-electron chi connectivity index (χ0n) is 7.85. The highest BCUT2D eigenvalue weighted by Gasteiger charge is 2.13. The molecule has 1 aromatic rings. The van der Waals surface area contributed by atoms with Gasteiger partial charge in [-0.1, -0.05) is 0 Å². The third-order valence-corrected chi connectivity index (χ3v) is 3.05. The van der Waals surface area contributed by atoms with Crippen LogP contribution in [0.15, 0.2) is 23.6 Å². The molecule has 0 aliphatic carbocycles. The van der Waals surface area contributed by atoms with Gasteiger partial charge >= 0.3 is 0 Å². The third-order valence-electron chi connectivity index (χ3n) is 1.98. The van der Waals surface area contributed by atoms with Crippen molar-refractivity contribution in [2.45, 2.75) is 11.1 Å². The lowest BCUT2D eigenvalue weighted by Crippen LogP contribution is -2.39. The SMILES string of the molecule is c1cc(SCC2CNCCO2)ncn1. The van der Waals surface area contributed by atoms with Crippen molar-refractivity contribution in [1.29, 1.82) is 0 Å². The van der Waals surface area contributed by atoms with Crippen molar-refractivity contribution < 1.29 is 4.74 Å². The number of ether oxygens (including phenoxy) is 1. The van der Waals surface area contributed by atoms with Gasteiger partial charge < -0.3 is 10.1 Å². The lowest BCUT2D eigenvalue weighted by Gasteiger charge is -2.22. The van der Waals surface area contributed by atoms with Gasteiger partial charge in [0.25, 0.3) is 0 Å². The van der Waals surface area contributed by atoms with Crippen LogP contribution in [0.3, 0.4) is 0 Å². The van der Waals surface area contributed by atoms with Gasteiger partial charge in [-0.3, -0.25) is 0 Å². The first-order valence-electron chi connectivity index (χ1n) is 4.66. The molecular weight excluding hydrogens is 198 g/mol. The fraction of sp³-hybridized carbons (Fsp3) is 0.556. The van der Waals surface area contributed by atoms with Gasteiger partial charge in [0.2, 0.25) is 0 Å². The van der Waals surface area contributed by atoms with Gasteiger partial charge in [0.1, 0.15) is 6.33 Å². The number of rotatable bonds is 3. The fourth-order valence-corrected chi connectivity index (χ4v) is 2.12. The molecule has 0 bridgehead atoms. The Hall–Kier alpha value is -0.650. The van der Waals surface area contributed by atoms with Crippen LogP contribution in [0.1, 0.15) is 0 Å².